The minimum absolute atomic E-state index is 0.0237. The highest BCUT2D eigenvalue weighted by atomic mass is 16.2. The number of para-hydroxylation sites is 1. The molecule has 0 radical (unpaired) electrons. The standard InChI is InChI=1S/C22H28N2O2/c1-6-23(20-12-7-9-16(2)15-20)21(26)13-14-24(19(5)25)22-17(3)10-8-11-18(22)4/h7-12,15H,6,13-14H2,1-5H3. The van der Waals surface area contributed by atoms with E-state index in [1.165, 1.54) is 0 Å². The number of carbonyl (C=O) groups is 2. The molecule has 0 bridgehead atoms. The summed E-state index contributed by atoms with van der Waals surface area (Å²) in [6.07, 6.45) is 0.287. The second kappa shape index (κ2) is 8.65. The SMILES string of the molecule is CCN(C(=O)CCN(C(C)=O)c1c(C)cccc1C)c1cccc(C)c1. The quantitative estimate of drug-likeness (QED) is 0.773. The maximum Gasteiger partial charge on any atom is 0.228 e. The molecule has 2 amide bonds. The molecule has 0 aliphatic carbocycles. The molecule has 0 atom stereocenters. The average Bonchev–Trinajstić information content (AvgIpc) is 2.58. The molecule has 26 heavy (non-hydrogen) atoms. The van der Waals surface area contributed by atoms with Crippen molar-refractivity contribution in [1.29, 1.82) is 0 Å². The van der Waals surface area contributed by atoms with E-state index >= 15 is 0 Å². The molecule has 0 unspecified atom stereocenters. The second-order valence-electron chi connectivity index (χ2n) is 6.64. The number of aryl methyl sites for hydroxylation is 3. The van der Waals surface area contributed by atoms with E-state index in [-0.39, 0.29) is 18.2 Å². The van der Waals surface area contributed by atoms with Crippen molar-refractivity contribution in [1.82, 2.24) is 0 Å². The van der Waals surface area contributed by atoms with Crippen LogP contribution in [0.3, 0.4) is 0 Å². The van der Waals surface area contributed by atoms with Gasteiger partial charge in [0.15, 0.2) is 0 Å². The minimum atomic E-state index is -0.0474. The van der Waals surface area contributed by atoms with Crippen molar-refractivity contribution in [3.63, 3.8) is 0 Å². The van der Waals surface area contributed by atoms with E-state index in [9.17, 15) is 9.59 Å². The van der Waals surface area contributed by atoms with E-state index in [4.69, 9.17) is 0 Å². The lowest BCUT2D eigenvalue weighted by Crippen LogP contribution is -2.37. The van der Waals surface area contributed by atoms with Crippen molar-refractivity contribution >= 4 is 23.2 Å². The Morgan fingerprint density at radius 2 is 1.54 bits per heavy atom. The first-order valence-electron chi connectivity index (χ1n) is 9.06. The van der Waals surface area contributed by atoms with Crippen molar-refractivity contribution in [2.45, 2.75) is 41.0 Å². The number of hydrogen-bond donors (Lipinski definition) is 0. The summed E-state index contributed by atoms with van der Waals surface area (Å²) < 4.78 is 0. The number of anilines is 2. The highest BCUT2D eigenvalue weighted by molar-refractivity contribution is 5.97. The molecule has 2 rings (SSSR count). The first kappa shape index (κ1) is 19.7. The molecule has 138 valence electrons. The van der Waals surface area contributed by atoms with Crippen LogP contribution in [-0.2, 0) is 9.59 Å². The summed E-state index contributed by atoms with van der Waals surface area (Å²) in [6.45, 7) is 10.5. The van der Waals surface area contributed by atoms with Crippen molar-refractivity contribution in [2.24, 2.45) is 0 Å². The topological polar surface area (TPSA) is 40.6 Å². The van der Waals surface area contributed by atoms with Gasteiger partial charge in [0.25, 0.3) is 0 Å². The van der Waals surface area contributed by atoms with Gasteiger partial charge < -0.3 is 9.80 Å². The van der Waals surface area contributed by atoms with Gasteiger partial charge in [0.1, 0.15) is 0 Å². The summed E-state index contributed by atoms with van der Waals surface area (Å²) in [5.74, 6) is -0.0237. The van der Waals surface area contributed by atoms with Crippen LogP contribution in [0.25, 0.3) is 0 Å². The predicted octanol–water partition coefficient (Wildman–Crippen LogP) is 4.41. The monoisotopic (exact) mass is 352 g/mol. The number of benzene rings is 2. The highest BCUT2D eigenvalue weighted by Gasteiger charge is 2.20. The highest BCUT2D eigenvalue weighted by Crippen LogP contribution is 2.25. The fourth-order valence-electron chi connectivity index (χ4n) is 3.30. The van der Waals surface area contributed by atoms with Gasteiger partial charge in [-0.25, -0.2) is 0 Å². The zero-order valence-corrected chi connectivity index (χ0v) is 16.4. The van der Waals surface area contributed by atoms with E-state index < -0.39 is 0 Å². The van der Waals surface area contributed by atoms with Gasteiger partial charge in [-0.1, -0.05) is 30.3 Å². The van der Waals surface area contributed by atoms with Gasteiger partial charge in [-0.05, 0) is 56.5 Å². The van der Waals surface area contributed by atoms with E-state index in [0.29, 0.717) is 13.1 Å². The van der Waals surface area contributed by atoms with E-state index in [0.717, 1.165) is 28.1 Å². The Balaban J connectivity index is 2.18. The third-order valence-electron chi connectivity index (χ3n) is 4.57. The fourth-order valence-corrected chi connectivity index (χ4v) is 3.30. The van der Waals surface area contributed by atoms with Crippen LogP contribution in [0.15, 0.2) is 42.5 Å². The first-order chi connectivity index (χ1) is 12.3. The Bertz CT molecular complexity index is 778. The minimum Gasteiger partial charge on any atom is -0.313 e. The van der Waals surface area contributed by atoms with Crippen LogP contribution in [-0.4, -0.2) is 24.9 Å². The first-order valence-corrected chi connectivity index (χ1v) is 9.06. The molecule has 0 spiro atoms. The molecule has 0 fully saturated rings. The lowest BCUT2D eigenvalue weighted by atomic mass is 10.1. The van der Waals surface area contributed by atoms with E-state index in [1.807, 2.05) is 70.2 Å². The van der Waals surface area contributed by atoms with Gasteiger partial charge in [-0.3, -0.25) is 9.59 Å². The molecular weight excluding hydrogens is 324 g/mol. The zero-order valence-electron chi connectivity index (χ0n) is 16.4. The molecule has 0 heterocycles. The Morgan fingerprint density at radius 1 is 0.923 bits per heavy atom. The third-order valence-corrected chi connectivity index (χ3v) is 4.57. The van der Waals surface area contributed by atoms with Crippen LogP contribution in [0.1, 0.15) is 37.0 Å². The Morgan fingerprint density at radius 3 is 2.08 bits per heavy atom. The number of amides is 2. The summed E-state index contributed by atoms with van der Waals surface area (Å²) >= 11 is 0. The van der Waals surface area contributed by atoms with Gasteiger partial charge in [0.2, 0.25) is 11.8 Å². The molecule has 0 aromatic heterocycles. The van der Waals surface area contributed by atoms with Crippen LogP contribution in [0.4, 0.5) is 11.4 Å². The van der Waals surface area contributed by atoms with E-state index in [1.54, 1.807) is 16.7 Å². The van der Waals surface area contributed by atoms with Crippen LogP contribution < -0.4 is 9.80 Å². The number of nitrogens with zero attached hydrogens (tertiary/aromatic N) is 2. The molecule has 2 aromatic rings. The molecule has 4 nitrogen and oxygen atoms in total. The normalized spacial score (nSPS) is 10.5. The summed E-state index contributed by atoms with van der Waals surface area (Å²) in [5, 5.41) is 0. The van der Waals surface area contributed by atoms with Crippen LogP contribution in [0.2, 0.25) is 0 Å². The molecule has 0 saturated carbocycles. The van der Waals surface area contributed by atoms with Gasteiger partial charge in [0.05, 0.1) is 0 Å². The molecule has 0 aliphatic rings. The molecule has 0 aliphatic heterocycles. The molecule has 0 N–H and O–H groups in total. The number of carbonyl (C=O) groups excluding carboxylic acids is 2. The maximum atomic E-state index is 12.8. The lowest BCUT2D eigenvalue weighted by Gasteiger charge is -2.27. The Labute approximate surface area is 156 Å². The third kappa shape index (κ3) is 4.51. The molecule has 2 aromatic carbocycles. The van der Waals surface area contributed by atoms with Crippen LogP contribution >= 0.6 is 0 Å². The summed E-state index contributed by atoms with van der Waals surface area (Å²) in [7, 11) is 0. The Kier molecular flexibility index (Phi) is 6.56. The molecule has 0 saturated heterocycles. The smallest absolute Gasteiger partial charge is 0.228 e. The van der Waals surface area contributed by atoms with Crippen molar-refractivity contribution in [2.75, 3.05) is 22.9 Å². The summed E-state index contributed by atoms with van der Waals surface area (Å²) in [4.78, 5) is 28.5. The number of rotatable bonds is 6. The van der Waals surface area contributed by atoms with E-state index in [2.05, 4.69) is 0 Å². The maximum absolute atomic E-state index is 12.8. The zero-order chi connectivity index (χ0) is 19.3. The largest absolute Gasteiger partial charge is 0.313 e. The second-order valence-corrected chi connectivity index (χ2v) is 6.64. The van der Waals surface area contributed by atoms with Gasteiger partial charge in [-0.15, -0.1) is 0 Å². The summed E-state index contributed by atoms with van der Waals surface area (Å²) in [5.41, 5.74) is 5.01. The summed E-state index contributed by atoms with van der Waals surface area (Å²) in [6, 6.07) is 13.9. The van der Waals surface area contributed by atoms with Crippen LogP contribution in [0.5, 0.6) is 0 Å². The molecular formula is C22H28N2O2. The lowest BCUT2D eigenvalue weighted by molar-refractivity contribution is -0.118. The predicted molar refractivity (Wildman–Crippen MR) is 108 cm³/mol. The average molecular weight is 352 g/mol. The molecule has 4 heteroatoms. The van der Waals surface area contributed by atoms with Crippen molar-refractivity contribution < 1.29 is 9.59 Å². The van der Waals surface area contributed by atoms with Crippen molar-refractivity contribution in [3.8, 4) is 0 Å². The Hall–Kier alpha value is -2.62. The van der Waals surface area contributed by atoms with Crippen LogP contribution in [0, 0.1) is 20.8 Å². The fraction of sp³-hybridized carbons (Fsp3) is 0.364. The van der Waals surface area contributed by atoms with Gasteiger partial charge >= 0.3 is 0 Å². The van der Waals surface area contributed by atoms with Gasteiger partial charge in [-0.2, -0.15) is 0 Å². The number of hydrogen-bond acceptors (Lipinski definition) is 2. The van der Waals surface area contributed by atoms with Crippen molar-refractivity contribution in [3.05, 3.63) is 59.2 Å². The van der Waals surface area contributed by atoms with Gasteiger partial charge in [0, 0.05) is 37.8 Å².